The molecule has 0 aliphatic carbocycles. The third kappa shape index (κ3) is 5.11. The first-order chi connectivity index (χ1) is 11.2. The molecule has 0 radical (unpaired) electrons. The van der Waals surface area contributed by atoms with Crippen LogP contribution in [0.1, 0.15) is 0 Å². The molecule has 2 aromatic rings. The summed E-state index contributed by atoms with van der Waals surface area (Å²) in [5, 5.41) is 3.28. The molecule has 0 heterocycles. The van der Waals surface area contributed by atoms with Crippen molar-refractivity contribution in [3.63, 3.8) is 0 Å². The van der Waals surface area contributed by atoms with Crippen molar-refractivity contribution >= 4 is 56.4 Å². The molecule has 1 amide bonds. The van der Waals surface area contributed by atoms with E-state index in [1.54, 1.807) is 18.2 Å². The van der Waals surface area contributed by atoms with Crippen molar-refractivity contribution in [2.45, 2.75) is 9.79 Å². The van der Waals surface area contributed by atoms with Crippen LogP contribution in [-0.2, 0) is 14.6 Å². The molecule has 0 saturated heterocycles. The maximum atomic E-state index is 13.7. The minimum atomic E-state index is -3.50. The lowest BCUT2D eigenvalue weighted by molar-refractivity contribution is -0.113. The largest absolute Gasteiger partial charge is 0.323 e. The SMILES string of the molecule is CS(=O)(=O)c1ccc(F)c(NC(=O)CSc2cc(Cl)ccc2Cl)c1. The highest BCUT2D eigenvalue weighted by Crippen LogP contribution is 2.30. The van der Waals surface area contributed by atoms with E-state index in [1.165, 1.54) is 0 Å². The minimum absolute atomic E-state index is 0.0391. The number of hydrogen-bond acceptors (Lipinski definition) is 4. The molecule has 0 aliphatic heterocycles. The van der Waals surface area contributed by atoms with E-state index in [0.29, 0.717) is 14.9 Å². The Labute approximate surface area is 153 Å². The summed E-state index contributed by atoms with van der Waals surface area (Å²) in [7, 11) is -3.50. The van der Waals surface area contributed by atoms with Crippen LogP contribution in [0.5, 0.6) is 0 Å². The van der Waals surface area contributed by atoms with Crippen LogP contribution < -0.4 is 5.32 Å². The number of amides is 1. The first-order valence-corrected chi connectivity index (χ1v) is 10.2. The molecule has 9 heteroatoms. The van der Waals surface area contributed by atoms with Crippen LogP contribution in [0, 0.1) is 5.82 Å². The standard InChI is InChI=1S/C15H12Cl2FNO3S2/c1-24(21,22)10-3-5-12(18)13(7-10)19-15(20)8-23-14-6-9(16)2-4-11(14)17/h2-7H,8H2,1H3,(H,19,20). The van der Waals surface area contributed by atoms with Gasteiger partial charge in [-0.2, -0.15) is 0 Å². The first-order valence-electron chi connectivity index (χ1n) is 6.54. The van der Waals surface area contributed by atoms with Crippen molar-refractivity contribution in [3.8, 4) is 0 Å². The Kier molecular flexibility index (Phi) is 6.14. The first kappa shape index (κ1) is 19.1. The van der Waals surface area contributed by atoms with Gasteiger partial charge >= 0.3 is 0 Å². The highest BCUT2D eigenvalue weighted by Gasteiger charge is 2.14. The number of anilines is 1. The van der Waals surface area contributed by atoms with Gasteiger partial charge in [0.15, 0.2) is 9.84 Å². The second-order valence-corrected chi connectivity index (χ2v) is 8.70. The summed E-state index contributed by atoms with van der Waals surface area (Å²) in [5.41, 5.74) is -0.194. The molecule has 0 spiro atoms. The van der Waals surface area contributed by atoms with Gasteiger partial charge in [-0.1, -0.05) is 23.2 Å². The number of halogens is 3. The van der Waals surface area contributed by atoms with Crippen LogP contribution in [0.3, 0.4) is 0 Å². The van der Waals surface area contributed by atoms with Gasteiger partial charge in [-0.05, 0) is 36.4 Å². The zero-order valence-corrected chi connectivity index (χ0v) is 15.5. The summed E-state index contributed by atoms with van der Waals surface area (Å²) in [5.74, 6) is -1.26. The van der Waals surface area contributed by atoms with Gasteiger partial charge in [0.1, 0.15) is 5.82 Å². The molecule has 2 rings (SSSR count). The number of carbonyl (C=O) groups is 1. The number of sulfone groups is 1. The second kappa shape index (κ2) is 7.74. The second-order valence-electron chi connectivity index (χ2n) is 4.83. The van der Waals surface area contributed by atoms with Crippen LogP contribution >= 0.6 is 35.0 Å². The molecule has 128 valence electrons. The minimum Gasteiger partial charge on any atom is -0.323 e. The Balaban J connectivity index is 2.09. The van der Waals surface area contributed by atoms with Crippen molar-refractivity contribution in [1.82, 2.24) is 0 Å². The van der Waals surface area contributed by atoms with Gasteiger partial charge in [0.05, 0.1) is 21.4 Å². The van der Waals surface area contributed by atoms with E-state index in [1.807, 2.05) is 0 Å². The van der Waals surface area contributed by atoms with Crippen molar-refractivity contribution < 1.29 is 17.6 Å². The summed E-state index contributed by atoms with van der Waals surface area (Å²) < 4.78 is 36.7. The summed E-state index contributed by atoms with van der Waals surface area (Å²) in [6.07, 6.45) is 1.00. The van der Waals surface area contributed by atoms with Crippen LogP contribution in [-0.4, -0.2) is 26.3 Å². The molecule has 0 atom stereocenters. The lowest BCUT2D eigenvalue weighted by Gasteiger charge is -2.09. The fourth-order valence-corrected chi connectivity index (χ4v) is 3.69. The van der Waals surface area contributed by atoms with Gasteiger partial charge in [-0.3, -0.25) is 4.79 Å². The van der Waals surface area contributed by atoms with Crippen LogP contribution in [0.4, 0.5) is 10.1 Å². The highest BCUT2D eigenvalue weighted by atomic mass is 35.5. The molecule has 4 nitrogen and oxygen atoms in total. The Hall–Kier alpha value is -1.28. The van der Waals surface area contributed by atoms with E-state index >= 15 is 0 Å². The number of hydrogen-bond donors (Lipinski definition) is 1. The molecule has 1 N–H and O–H groups in total. The summed E-state index contributed by atoms with van der Waals surface area (Å²) in [6, 6.07) is 8.07. The smallest absolute Gasteiger partial charge is 0.234 e. The van der Waals surface area contributed by atoms with Crippen LogP contribution in [0.2, 0.25) is 10.0 Å². The quantitative estimate of drug-likeness (QED) is 0.593. The van der Waals surface area contributed by atoms with Crippen molar-refractivity contribution in [1.29, 1.82) is 0 Å². The predicted octanol–water partition coefficient (Wildman–Crippen LogP) is 4.27. The molecule has 0 aliphatic rings. The Morgan fingerprint density at radius 1 is 1.21 bits per heavy atom. The van der Waals surface area contributed by atoms with Gasteiger partial charge in [0, 0.05) is 16.2 Å². The predicted molar refractivity (Wildman–Crippen MR) is 95.3 cm³/mol. The Morgan fingerprint density at radius 2 is 1.92 bits per heavy atom. The van der Waals surface area contributed by atoms with Gasteiger partial charge in [-0.25, -0.2) is 12.8 Å². The number of carbonyl (C=O) groups excluding carboxylic acids is 1. The highest BCUT2D eigenvalue weighted by molar-refractivity contribution is 8.00. The van der Waals surface area contributed by atoms with E-state index in [-0.39, 0.29) is 16.3 Å². The van der Waals surface area contributed by atoms with E-state index in [2.05, 4.69) is 5.32 Å². The molecular weight excluding hydrogens is 396 g/mol. The third-order valence-electron chi connectivity index (χ3n) is 2.89. The molecule has 24 heavy (non-hydrogen) atoms. The molecule has 0 aromatic heterocycles. The lowest BCUT2D eigenvalue weighted by Crippen LogP contribution is -2.15. The normalized spacial score (nSPS) is 11.3. The zero-order valence-electron chi connectivity index (χ0n) is 12.3. The molecule has 0 saturated carbocycles. The van der Waals surface area contributed by atoms with Gasteiger partial charge in [0.25, 0.3) is 0 Å². The fraction of sp³-hybridized carbons (Fsp3) is 0.133. The van der Waals surface area contributed by atoms with Gasteiger partial charge < -0.3 is 5.32 Å². The maximum absolute atomic E-state index is 13.7. The summed E-state index contributed by atoms with van der Waals surface area (Å²) in [6.45, 7) is 0. The average Bonchev–Trinajstić information content (AvgIpc) is 2.49. The molecule has 2 aromatic carbocycles. The van der Waals surface area contributed by atoms with E-state index in [0.717, 1.165) is 36.2 Å². The summed E-state index contributed by atoms with van der Waals surface area (Å²) >= 11 is 13.0. The molecular formula is C15H12Cl2FNO3S2. The molecule has 0 bridgehead atoms. The number of rotatable bonds is 5. The number of thioether (sulfide) groups is 1. The van der Waals surface area contributed by atoms with Crippen molar-refractivity contribution in [2.75, 3.05) is 17.3 Å². The Bertz CT molecular complexity index is 888. The fourth-order valence-electron chi connectivity index (χ4n) is 1.75. The van der Waals surface area contributed by atoms with Crippen molar-refractivity contribution in [3.05, 3.63) is 52.3 Å². The van der Waals surface area contributed by atoms with Gasteiger partial charge in [-0.15, -0.1) is 11.8 Å². The third-order valence-corrected chi connectivity index (χ3v) is 5.73. The average molecular weight is 408 g/mol. The number of nitrogens with one attached hydrogen (secondary N) is 1. The topological polar surface area (TPSA) is 63.2 Å². The van der Waals surface area contributed by atoms with E-state index in [4.69, 9.17) is 23.2 Å². The maximum Gasteiger partial charge on any atom is 0.234 e. The van der Waals surface area contributed by atoms with Crippen molar-refractivity contribution in [2.24, 2.45) is 0 Å². The molecule has 0 unspecified atom stereocenters. The van der Waals surface area contributed by atoms with Crippen LogP contribution in [0.25, 0.3) is 0 Å². The van der Waals surface area contributed by atoms with E-state index < -0.39 is 21.6 Å². The summed E-state index contributed by atoms with van der Waals surface area (Å²) in [4.78, 5) is 12.5. The molecule has 0 fully saturated rings. The lowest BCUT2D eigenvalue weighted by atomic mass is 10.3. The van der Waals surface area contributed by atoms with Crippen LogP contribution in [0.15, 0.2) is 46.2 Å². The Morgan fingerprint density at radius 3 is 2.58 bits per heavy atom. The number of benzene rings is 2. The van der Waals surface area contributed by atoms with E-state index in [9.17, 15) is 17.6 Å². The monoisotopic (exact) mass is 407 g/mol. The van der Waals surface area contributed by atoms with Gasteiger partial charge in [0.2, 0.25) is 5.91 Å². The zero-order chi connectivity index (χ0) is 17.9.